The van der Waals surface area contributed by atoms with Gasteiger partial charge in [-0.1, -0.05) is 13.8 Å². The first-order valence-corrected chi connectivity index (χ1v) is 7.15. The Bertz CT molecular complexity index is 424. The van der Waals surface area contributed by atoms with Crippen molar-refractivity contribution in [2.45, 2.75) is 52.2 Å². The number of nitrogens with two attached hydrogens (primary N) is 1. The maximum absolute atomic E-state index is 5.91. The molecule has 0 spiro atoms. The van der Waals surface area contributed by atoms with Crippen LogP contribution in [0.15, 0.2) is 6.07 Å². The Kier molecular flexibility index (Phi) is 4.58. The number of aryl methyl sites for hydroxylation is 1. The van der Waals surface area contributed by atoms with Crippen LogP contribution >= 0.6 is 0 Å². The number of hydrogen-bond acceptors (Lipinski definition) is 5. The van der Waals surface area contributed by atoms with Crippen LogP contribution in [0.25, 0.3) is 0 Å². The van der Waals surface area contributed by atoms with Crippen molar-refractivity contribution < 1.29 is 4.74 Å². The van der Waals surface area contributed by atoms with E-state index in [1.54, 1.807) is 0 Å². The quantitative estimate of drug-likeness (QED) is 0.901. The molecule has 5 heteroatoms. The number of anilines is 2. The van der Waals surface area contributed by atoms with Crippen molar-refractivity contribution in [3.8, 4) is 0 Å². The van der Waals surface area contributed by atoms with Crippen molar-refractivity contribution in [1.29, 1.82) is 0 Å². The van der Waals surface area contributed by atoms with Gasteiger partial charge in [-0.15, -0.1) is 0 Å². The molecule has 0 aromatic carbocycles. The summed E-state index contributed by atoms with van der Waals surface area (Å²) in [6.45, 7) is 8.01. The van der Waals surface area contributed by atoms with Crippen LogP contribution in [-0.4, -0.2) is 35.3 Å². The Labute approximate surface area is 115 Å². The molecule has 19 heavy (non-hydrogen) atoms. The van der Waals surface area contributed by atoms with Gasteiger partial charge in [0.05, 0.1) is 18.8 Å². The molecule has 1 aliphatic heterocycles. The van der Waals surface area contributed by atoms with E-state index in [-0.39, 0.29) is 6.10 Å². The molecule has 2 heterocycles. The number of nitrogen functional groups attached to an aromatic ring is 1. The van der Waals surface area contributed by atoms with E-state index in [2.05, 4.69) is 35.6 Å². The van der Waals surface area contributed by atoms with Crippen LogP contribution in [-0.2, 0) is 11.2 Å². The highest BCUT2D eigenvalue weighted by molar-refractivity contribution is 5.48. The number of morpholine rings is 1. The molecule has 0 saturated carbocycles. The second-order valence-corrected chi connectivity index (χ2v) is 5.18. The average Bonchev–Trinajstić information content (AvgIpc) is 2.38. The largest absolute Gasteiger partial charge is 0.384 e. The fraction of sp³-hybridized carbons (Fsp3) is 0.714. The van der Waals surface area contributed by atoms with Crippen molar-refractivity contribution >= 4 is 11.6 Å². The molecule has 2 rings (SSSR count). The van der Waals surface area contributed by atoms with E-state index in [4.69, 9.17) is 10.5 Å². The topological polar surface area (TPSA) is 64.3 Å². The number of nitrogens with zero attached hydrogens (tertiary/aromatic N) is 3. The monoisotopic (exact) mass is 264 g/mol. The molecule has 0 bridgehead atoms. The summed E-state index contributed by atoms with van der Waals surface area (Å²) in [4.78, 5) is 11.3. The first-order valence-electron chi connectivity index (χ1n) is 7.15. The fourth-order valence-electron chi connectivity index (χ4n) is 2.45. The first-order chi connectivity index (χ1) is 9.13. The molecule has 2 unspecified atom stereocenters. The van der Waals surface area contributed by atoms with Crippen LogP contribution in [0.2, 0.25) is 0 Å². The smallest absolute Gasteiger partial charge is 0.134 e. The van der Waals surface area contributed by atoms with Gasteiger partial charge in [0.2, 0.25) is 0 Å². The molecule has 2 N–H and O–H groups in total. The minimum atomic E-state index is 0.230. The van der Waals surface area contributed by atoms with Gasteiger partial charge in [0.15, 0.2) is 0 Å². The Morgan fingerprint density at radius 1 is 1.42 bits per heavy atom. The Hall–Kier alpha value is -1.36. The normalized spacial score (nSPS) is 23.6. The first kappa shape index (κ1) is 14.1. The van der Waals surface area contributed by atoms with Crippen molar-refractivity contribution in [2.24, 2.45) is 0 Å². The summed E-state index contributed by atoms with van der Waals surface area (Å²) in [6, 6.07) is 2.25. The van der Waals surface area contributed by atoms with Crippen LogP contribution in [0, 0.1) is 0 Å². The third-order valence-electron chi connectivity index (χ3n) is 3.49. The highest BCUT2D eigenvalue weighted by Gasteiger charge is 2.27. The lowest BCUT2D eigenvalue weighted by Gasteiger charge is -2.39. The molecular weight excluding hydrogens is 240 g/mol. The SMILES string of the molecule is CCCc1nc(N)cc(N2CC(C)OCC2CC)n1. The Morgan fingerprint density at radius 3 is 2.89 bits per heavy atom. The van der Waals surface area contributed by atoms with Crippen molar-refractivity contribution in [3.63, 3.8) is 0 Å². The van der Waals surface area contributed by atoms with Gasteiger partial charge in [0, 0.05) is 19.0 Å². The molecule has 2 atom stereocenters. The lowest BCUT2D eigenvalue weighted by molar-refractivity contribution is 0.0296. The third-order valence-corrected chi connectivity index (χ3v) is 3.49. The van der Waals surface area contributed by atoms with Gasteiger partial charge in [0.25, 0.3) is 0 Å². The lowest BCUT2D eigenvalue weighted by atomic mass is 10.1. The zero-order chi connectivity index (χ0) is 13.8. The molecule has 0 amide bonds. The molecule has 1 saturated heterocycles. The summed E-state index contributed by atoms with van der Waals surface area (Å²) >= 11 is 0. The minimum absolute atomic E-state index is 0.230. The van der Waals surface area contributed by atoms with Gasteiger partial charge in [0.1, 0.15) is 17.5 Å². The van der Waals surface area contributed by atoms with Crippen molar-refractivity contribution in [3.05, 3.63) is 11.9 Å². The van der Waals surface area contributed by atoms with Gasteiger partial charge >= 0.3 is 0 Å². The van der Waals surface area contributed by atoms with Gasteiger partial charge < -0.3 is 15.4 Å². The van der Waals surface area contributed by atoms with E-state index in [0.717, 1.165) is 44.1 Å². The summed E-state index contributed by atoms with van der Waals surface area (Å²) in [5.74, 6) is 2.34. The summed E-state index contributed by atoms with van der Waals surface area (Å²) in [5, 5.41) is 0. The molecule has 0 radical (unpaired) electrons. The van der Waals surface area contributed by atoms with Gasteiger partial charge in [-0.05, 0) is 19.8 Å². The number of aromatic nitrogens is 2. The number of rotatable bonds is 4. The van der Waals surface area contributed by atoms with Gasteiger partial charge in [-0.25, -0.2) is 9.97 Å². The lowest BCUT2D eigenvalue weighted by Crippen LogP contribution is -2.49. The molecule has 106 valence electrons. The van der Waals surface area contributed by atoms with E-state index in [0.29, 0.717) is 11.9 Å². The van der Waals surface area contributed by atoms with E-state index < -0.39 is 0 Å². The summed E-state index contributed by atoms with van der Waals surface area (Å²) < 4.78 is 5.72. The predicted molar refractivity (Wildman–Crippen MR) is 77.3 cm³/mol. The van der Waals surface area contributed by atoms with Crippen molar-refractivity contribution in [1.82, 2.24) is 9.97 Å². The Morgan fingerprint density at radius 2 is 2.21 bits per heavy atom. The molecular formula is C14H24N4O. The maximum atomic E-state index is 5.91. The maximum Gasteiger partial charge on any atom is 0.134 e. The van der Waals surface area contributed by atoms with Crippen LogP contribution < -0.4 is 10.6 Å². The fourth-order valence-corrected chi connectivity index (χ4v) is 2.45. The predicted octanol–water partition coefficient (Wildman–Crippen LogP) is 2.02. The molecule has 1 fully saturated rings. The van der Waals surface area contributed by atoms with Crippen LogP contribution in [0.5, 0.6) is 0 Å². The van der Waals surface area contributed by atoms with Crippen LogP contribution in [0.3, 0.4) is 0 Å². The summed E-state index contributed by atoms with van der Waals surface area (Å²) in [7, 11) is 0. The molecule has 1 aliphatic rings. The third kappa shape index (κ3) is 3.35. The van der Waals surface area contributed by atoms with E-state index >= 15 is 0 Å². The van der Waals surface area contributed by atoms with E-state index in [1.807, 2.05) is 6.07 Å². The molecule has 0 aliphatic carbocycles. The zero-order valence-corrected chi connectivity index (χ0v) is 12.1. The average molecular weight is 264 g/mol. The van der Waals surface area contributed by atoms with Gasteiger partial charge in [-0.2, -0.15) is 0 Å². The highest BCUT2D eigenvalue weighted by atomic mass is 16.5. The van der Waals surface area contributed by atoms with Crippen LogP contribution in [0.1, 0.15) is 39.4 Å². The Balaban J connectivity index is 2.27. The molecule has 1 aromatic rings. The molecule has 5 nitrogen and oxygen atoms in total. The minimum Gasteiger partial charge on any atom is -0.384 e. The standard InChI is InChI=1S/C14H24N4O/c1-4-6-13-16-12(15)7-14(17-13)18-8-10(3)19-9-11(18)5-2/h7,10-11H,4-6,8-9H2,1-3H3,(H2,15,16,17). The van der Waals surface area contributed by atoms with E-state index in [9.17, 15) is 0 Å². The zero-order valence-electron chi connectivity index (χ0n) is 12.1. The van der Waals surface area contributed by atoms with E-state index in [1.165, 1.54) is 0 Å². The molecule has 1 aromatic heterocycles. The van der Waals surface area contributed by atoms with Crippen molar-refractivity contribution in [2.75, 3.05) is 23.8 Å². The van der Waals surface area contributed by atoms with Gasteiger partial charge in [-0.3, -0.25) is 0 Å². The second-order valence-electron chi connectivity index (χ2n) is 5.18. The number of hydrogen-bond donors (Lipinski definition) is 1. The second kappa shape index (κ2) is 6.19. The number of ether oxygens (including phenoxy) is 1. The highest BCUT2D eigenvalue weighted by Crippen LogP contribution is 2.23. The summed E-state index contributed by atoms with van der Waals surface area (Å²) in [5.41, 5.74) is 5.91. The van der Waals surface area contributed by atoms with Crippen LogP contribution in [0.4, 0.5) is 11.6 Å². The summed E-state index contributed by atoms with van der Waals surface area (Å²) in [6.07, 6.45) is 3.17.